The van der Waals surface area contributed by atoms with Gasteiger partial charge < -0.3 is 14.6 Å². The van der Waals surface area contributed by atoms with E-state index in [1.807, 2.05) is 0 Å². The quantitative estimate of drug-likeness (QED) is 0.212. The number of pyridine rings is 1. The number of imidazole rings is 1. The molecule has 14 heteroatoms. The monoisotopic (exact) mass is 576 g/mol. The molecular weight excluding hydrogens is 559 g/mol. The highest BCUT2D eigenvalue weighted by Gasteiger charge is 2.30. The Morgan fingerprint density at radius 1 is 0.975 bits per heavy atom. The van der Waals surface area contributed by atoms with Crippen molar-refractivity contribution in [2.75, 3.05) is 5.32 Å². The molecule has 0 aliphatic carbocycles. The van der Waals surface area contributed by atoms with Gasteiger partial charge in [0.25, 0.3) is 6.43 Å². The van der Waals surface area contributed by atoms with Crippen LogP contribution in [0, 0.1) is 0 Å². The van der Waals surface area contributed by atoms with Crippen molar-refractivity contribution in [1.82, 2.24) is 24.1 Å². The SMILES string of the molecule is O=c1nc(Nc2ccc(Oc3ccc(C(F)(F)F)cn3)cc2)n(Cc2ccc(Cl)cc2)c2ncn(CC(F)F)c12. The number of hydrogen-bond acceptors (Lipinski definition) is 6. The molecule has 0 atom stereocenters. The zero-order valence-electron chi connectivity index (χ0n) is 20.2. The molecule has 3 heterocycles. The summed E-state index contributed by atoms with van der Waals surface area (Å²) in [6.07, 6.45) is -5.36. The van der Waals surface area contributed by atoms with Crippen LogP contribution in [0.3, 0.4) is 0 Å². The first-order valence-corrected chi connectivity index (χ1v) is 12.0. The third-order valence-corrected chi connectivity index (χ3v) is 5.98. The number of halogens is 6. The van der Waals surface area contributed by atoms with Gasteiger partial charge in [0.2, 0.25) is 11.8 Å². The van der Waals surface area contributed by atoms with Crippen LogP contribution in [0.25, 0.3) is 11.2 Å². The molecule has 0 aliphatic rings. The summed E-state index contributed by atoms with van der Waals surface area (Å²) in [6, 6.07) is 15.2. The minimum absolute atomic E-state index is 0.0305. The molecule has 0 amide bonds. The molecule has 40 heavy (non-hydrogen) atoms. The topological polar surface area (TPSA) is 86.9 Å². The van der Waals surface area contributed by atoms with Crippen molar-refractivity contribution in [1.29, 1.82) is 0 Å². The van der Waals surface area contributed by atoms with E-state index in [2.05, 4.69) is 20.3 Å². The molecule has 0 saturated heterocycles. The Bertz CT molecular complexity index is 1690. The van der Waals surface area contributed by atoms with Crippen LogP contribution >= 0.6 is 11.6 Å². The van der Waals surface area contributed by atoms with Crippen molar-refractivity contribution in [3.63, 3.8) is 0 Å². The maximum absolute atomic E-state index is 13.1. The molecule has 0 fully saturated rings. The second kappa shape index (κ2) is 10.9. The van der Waals surface area contributed by atoms with Gasteiger partial charge in [-0.2, -0.15) is 18.2 Å². The molecule has 0 unspecified atom stereocenters. The first-order chi connectivity index (χ1) is 19.1. The van der Waals surface area contributed by atoms with E-state index in [-0.39, 0.29) is 29.5 Å². The van der Waals surface area contributed by atoms with Gasteiger partial charge in [-0.05, 0) is 48.0 Å². The van der Waals surface area contributed by atoms with Crippen LogP contribution in [0.2, 0.25) is 5.02 Å². The third-order valence-electron chi connectivity index (χ3n) is 5.72. The Labute approximate surface area is 227 Å². The van der Waals surface area contributed by atoms with Crippen LogP contribution in [-0.4, -0.2) is 30.5 Å². The van der Waals surface area contributed by atoms with Gasteiger partial charge >= 0.3 is 11.7 Å². The van der Waals surface area contributed by atoms with E-state index in [4.69, 9.17) is 16.3 Å². The molecule has 206 valence electrons. The summed E-state index contributed by atoms with van der Waals surface area (Å²) in [5, 5.41) is 3.56. The van der Waals surface area contributed by atoms with E-state index >= 15 is 0 Å². The molecule has 3 aromatic heterocycles. The van der Waals surface area contributed by atoms with Crippen molar-refractivity contribution in [3.8, 4) is 11.6 Å². The molecular formula is C26H18ClF5N6O2. The fraction of sp³-hybridized carbons (Fsp3) is 0.154. The molecule has 8 nitrogen and oxygen atoms in total. The molecule has 0 radical (unpaired) electrons. The lowest BCUT2D eigenvalue weighted by atomic mass is 10.2. The number of nitrogens with one attached hydrogen (secondary N) is 1. The van der Waals surface area contributed by atoms with Crippen LogP contribution in [0.4, 0.5) is 33.6 Å². The standard InChI is InChI=1S/C26H18ClF5N6O2/c27-17-4-1-15(2-5-17)12-38-23-22(37(14-34-23)13-20(28)29)24(39)36-25(38)35-18-6-8-19(9-7-18)40-21-10-3-16(11-33-21)26(30,31)32/h1-11,14,20H,12-13H2,(H,35,36,39). The predicted molar refractivity (Wildman–Crippen MR) is 137 cm³/mol. The van der Waals surface area contributed by atoms with E-state index < -0.39 is 30.3 Å². The summed E-state index contributed by atoms with van der Waals surface area (Å²) in [4.78, 5) is 24.9. The number of nitrogens with zero attached hydrogens (tertiary/aromatic N) is 5. The van der Waals surface area contributed by atoms with E-state index in [0.29, 0.717) is 22.7 Å². The summed E-state index contributed by atoms with van der Waals surface area (Å²) >= 11 is 5.99. The van der Waals surface area contributed by atoms with Crippen LogP contribution in [-0.2, 0) is 19.3 Å². The molecule has 1 N–H and O–H groups in total. The van der Waals surface area contributed by atoms with Gasteiger partial charge in [-0.25, -0.2) is 18.7 Å². The number of ether oxygens (including phenoxy) is 1. The number of alkyl halides is 5. The van der Waals surface area contributed by atoms with E-state index in [9.17, 15) is 26.7 Å². The zero-order valence-corrected chi connectivity index (χ0v) is 21.0. The maximum Gasteiger partial charge on any atom is 0.417 e. The average Bonchev–Trinajstić information content (AvgIpc) is 3.32. The fourth-order valence-corrected chi connectivity index (χ4v) is 3.99. The second-order valence-corrected chi connectivity index (χ2v) is 8.98. The second-order valence-electron chi connectivity index (χ2n) is 8.55. The van der Waals surface area contributed by atoms with Crippen LogP contribution in [0.1, 0.15) is 11.1 Å². The van der Waals surface area contributed by atoms with E-state index in [0.717, 1.165) is 22.3 Å². The fourth-order valence-electron chi connectivity index (χ4n) is 3.87. The Kier molecular flexibility index (Phi) is 7.39. The van der Waals surface area contributed by atoms with Crippen molar-refractivity contribution in [3.05, 3.63) is 99.7 Å². The zero-order chi connectivity index (χ0) is 28.4. The minimum atomic E-state index is -4.51. The number of hydrogen-bond donors (Lipinski definition) is 1. The Morgan fingerprint density at radius 2 is 1.70 bits per heavy atom. The summed E-state index contributed by atoms with van der Waals surface area (Å²) in [7, 11) is 0. The van der Waals surface area contributed by atoms with Crippen LogP contribution in [0.5, 0.6) is 11.6 Å². The van der Waals surface area contributed by atoms with Gasteiger partial charge in [-0.3, -0.25) is 9.36 Å². The molecule has 5 aromatic rings. The van der Waals surface area contributed by atoms with Gasteiger partial charge in [-0.15, -0.1) is 0 Å². The molecule has 0 saturated carbocycles. The number of rotatable bonds is 8. The van der Waals surface area contributed by atoms with Gasteiger partial charge in [0, 0.05) is 23.0 Å². The first-order valence-electron chi connectivity index (χ1n) is 11.6. The third kappa shape index (κ3) is 6.04. The van der Waals surface area contributed by atoms with Crippen molar-refractivity contribution in [2.24, 2.45) is 0 Å². The lowest BCUT2D eigenvalue weighted by Crippen LogP contribution is -2.21. The highest BCUT2D eigenvalue weighted by Crippen LogP contribution is 2.30. The lowest BCUT2D eigenvalue weighted by molar-refractivity contribution is -0.137. The Balaban J connectivity index is 1.43. The highest BCUT2D eigenvalue weighted by atomic mass is 35.5. The molecule has 0 bridgehead atoms. The number of benzene rings is 2. The first kappa shape index (κ1) is 27.1. The summed E-state index contributed by atoms with van der Waals surface area (Å²) in [5.41, 5.74) is -0.269. The Morgan fingerprint density at radius 3 is 2.33 bits per heavy atom. The highest BCUT2D eigenvalue weighted by molar-refractivity contribution is 6.30. The molecule has 0 aliphatic heterocycles. The van der Waals surface area contributed by atoms with Crippen LogP contribution in [0.15, 0.2) is 78.0 Å². The van der Waals surface area contributed by atoms with Gasteiger partial charge in [0.1, 0.15) is 5.75 Å². The normalized spacial score (nSPS) is 11.8. The number of aromatic nitrogens is 5. The van der Waals surface area contributed by atoms with Gasteiger partial charge in [0.15, 0.2) is 11.2 Å². The van der Waals surface area contributed by atoms with Crippen molar-refractivity contribution >= 4 is 34.4 Å². The number of anilines is 2. The molecule has 5 rings (SSSR count). The maximum atomic E-state index is 13.1. The average molecular weight is 577 g/mol. The van der Waals surface area contributed by atoms with Crippen LogP contribution < -0.4 is 15.6 Å². The molecule has 0 spiro atoms. The lowest BCUT2D eigenvalue weighted by Gasteiger charge is -2.16. The van der Waals surface area contributed by atoms with Crippen molar-refractivity contribution < 1.29 is 26.7 Å². The summed E-state index contributed by atoms with van der Waals surface area (Å²) < 4.78 is 72.6. The largest absolute Gasteiger partial charge is 0.439 e. The van der Waals surface area contributed by atoms with Gasteiger partial charge in [0.05, 0.1) is 25.0 Å². The molecule has 2 aromatic carbocycles. The summed E-state index contributed by atoms with van der Waals surface area (Å²) in [5.74, 6) is 0.371. The van der Waals surface area contributed by atoms with E-state index in [1.54, 1.807) is 53.1 Å². The predicted octanol–water partition coefficient (Wildman–Crippen LogP) is 6.51. The summed E-state index contributed by atoms with van der Waals surface area (Å²) in [6.45, 7) is -0.522. The minimum Gasteiger partial charge on any atom is -0.439 e. The van der Waals surface area contributed by atoms with Gasteiger partial charge in [-0.1, -0.05) is 23.7 Å². The van der Waals surface area contributed by atoms with E-state index in [1.165, 1.54) is 6.33 Å². The smallest absolute Gasteiger partial charge is 0.417 e. The van der Waals surface area contributed by atoms with Crippen molar-refractivity contribution in [2.45, 2.75) is 25.7 Å². The Hall–Kier alpha value is -4.52. The number of fused-ring (bicyclic) bond motifs is 1.